The molecule has 11 heavy (non-hydrogen) atoms. The van der Waals surface area contributed by atoms with Crippen LogP contribution >= 0.6 is 0 Å². The average Bonchev–Trinajstić information content (AvgIpc) is 1.88. The van der Waals surface area contributed by atoms with Gasteiger partial charge in [0.1, 0.15) is 0 Å². The van der Waals surface area contributed by atoms with Crippen LogP contribution in [0.2, 0.25) is 0 Å². The molecule has 0 spiro atoms. The minimum absolute atomic E-state index is 0. The van der Waals surface area contributed by atoms with Crippen LogP contribution in [0.1, 0.15) is 12.8 Å². The molecule has 4 nitrogen and oxygen atoms in total. The molecule has 0 saturated carbocycles. The molecule has 0 amide bonds. The fraction of sp³-hybridized carbons (Fsp3) is 0.500. The number of aliphatic hydroxyl groups is 1. The van der Waals surface area contributed by atoms with Crippen LogP contribution in [0.25, 0.3) is 5.41 Å². The molecule has 0 aromatic heterocycles. The Morgan fingerprint density at radius 3 is 2.82 bits per heavy atom. The fourth-order valence-electron chi connectivity index (χ4n) is 0.762. The predicted octanol–water partition coefficient (Wildman–Crippen LogP) is 0.207. The molecule has 1 radical (unpaired) electrons. The summed E-state index contributed by atoms with van der Waals surface area (Å²) in [4.78, 5) is 3.79. The van der Waals surface area contributed by atoms with E-state index in [4.69, 9.17) is 10.5 Å². The molecule has 0 bridgehead atoms. The van der Waals surface area contributed by atoms with Crippen LogP contribution in [-0.2, 0) is 0 Å². The molecule has 1 rings (SSSR count). The zero-order valence-corrected chi connectivity index (χ0v) is 7.95. The molecule has 1 unspecified atom stereocenters. The third-order valence-electron chi connectivity index (χ3n) is 1.31. The first-order chi connectivity index (χ1) is 4.74. The Morgan fingerprint density at radius 1 is 1.73 bits per heavy atom. The molecule has 0 aromatic carbocycles. The summed E-state index contributed by atoms with van der Waals surface area (Å²) >= 11 is 2.64. The summed E-state index contributed by atoms with van der Waals surface area (Å²) < 4.78 is 0.557. The normalized spacial score (nSPS) is 23.2. The van der Waals surface area contributed by atoms with Crippen LogP contribution in [0.4, 0.5) is 0 Å². The van der Waals surface area contributed by atoms with Crippen molar-refractivity contribution in [3.8, 4) is 0 Å². The van der Waals surface area contributed by atoms with Crippen molar-refractivity contribution >= 4 is 26.5 Å². The van der Waals surface area contributed by atoms with Gasteiger partial charge in [-0.1, -0.05) is 0 Å². The minimum atomic E-state index is -0.617. The average molecular weight is 219 g/mol. The zero-order chi connectivity index (χ0) is 7.56. The topological polar surface area (TPSA) is 91.4 Å². The summed E-state index contributed by atoms with van der Waals surface area (Å²) in [5, 5.41) is 17.4. The van der Waals surface area contributed by atoms with E-state index in [1.54, 1.807) is 0 Å². The summed E-state index contributed by atoms with van der Waals surface area (Å²) in [6, 6.07) is 0. The first-order valence-corrected chi connectivity index (χ1v) is 3.79. The maximum Gasteiger partial charge on any atom is -0.369 e. The second-order valence-electron chi connectivity index (χ2n) is 2.04. The van der Waals surface area contributed by atoms with Gasteiger partial charge in [0.2, 0.25) is 0 Å². The molecule has 0 aromatic rings. The molecule has 5 N–H and O–H groups in total. The summed E-state index contributed by atoms with van der Waals surface area (Å²) in [7, 11) is 0. The molecule has 61 valence electrons. The van der Waals surface area contributed by atoms with E-state index in [9.17, 15) is 0 Å². The van der Waals surface area contributed by atoms with Crippen LogP contribution in [0.15, 0.2) is 10.6 Å². The molecule has 1 heterocycles. The second-order valence-corrected chi connectivity index (χ2v) is 2.86. The van der Waals surface area contributed by atoms with Crippen molar-refractivity contribution in [3.05, 3.63) is 11.0 Å². The van der Waals surface area contributed by atoms with E-state index in [0.29, 0.717) is 23.0 Å². The Labute approximate surface area is 73.3 Å². The second kappa shape index (κ2) is 4.44. The maximum absolute atomic E-state index is 8.96. The molecule has 0 fully saturated rings. The first-order valence-electron chi connectivity index (χ1n) is 2.93. The molecular weight excluding hydrogens is 209 g/mol. The van der Waals surface area contributed by atoms with E-state index < -0.39 is 6.23 Å². The van der Waals surface area contributed by atoms with Gasteiger partial charge in [-0.15, -0.1) is 0 Å². The summed E-state index contributed by atoms with van der Waals surface area (Å²) in [6.07, 6.45) is 0.575. The van der Waals surface area contributed by atoms with Crippen LogP contribution in [0.3, 0.4) is 0 Å². The van der Waals surface area contributed by atoms with E-state index in [1.165, 1.54) is 0 Å². The van der Waals surface area contributed by atoms with E-state index in [0.717, 1.165) is 0 Å². The Morgan fingerprint density at radius 2 is 2.36 bits per heavy atom. The monoisotopic (exact) mass is 220 g/mol. The Balaban J connectivity index is 0.000001000. The summed E-state index contributed by atoms with van der Waals surface area (Å²) in [6.45, 7) is 0. The van der Waals surface area contributed by atoms with Crippen LogP contribution in [0, 0.1) is 0 Å². The number of rotatable bonds is 0. The summed E-state index contributed by atoms with van der Waals surface area (Å²) in [5.74, 6) is 2.02. The van der Waals surface area contributed by atoms with Gasteiger partial charge < -0.3 is 6.15 Å². The van der Waals surface area contributed by atoms with Gasteiger partial charge in [-0.05, 0) is 0 Å². The van der Waals surface area contributed by atoms with Crippen molar-refractivity contribution in [1.29, 1.82) is 0 Å². The Hall–Kier alpha value is -0.441. The number of aliphatic hydroxyl groups excluding tert-OH is 1. The van der Waals surface area contributed by atoms with Crippen molar-refractivity contribution in [3.63, 3.8) is 0 Å². The molecule has 1 aliphatic heterocycles. The van der Waals surface area contributed by atoms with Gasteiger partial charge in [0.15, 0.2) is 0 Å². The zero-order valence-electron chi connectivity index (χ0n) is 6.24. The smallest absolute Gasteiger partial charge is 0.369 e. The van der Waals surface area contributed by atoms with Gasteiger partial charge in [0.25, 0.3) is 0 Å². The third-order valence-corrected chi connectivity index (χ3v) is 2.05. The van der Waals surface area contributed by atoms with Crippen molar-refractivity contribution in [1.82, 2.24) is 6.15 Å². The molecule has 5 heteroatoms. The number of allylic oxidation sites excluding steroid dienone is 1. The van der Waals surface area contributed by atoms with Gasteiger partial charge >= 0.3 is 66.6 Å². The van der Waals surface area contributed by atoms with E-state index >= 15 is 0 Å². The fourth-order valence-corrected chi connectivity index (χ4v) is 1.33. The van der Waals surface area contributed by atoms with Crippen LogP contribution in [-0.4, -0.2) is 37.8 Å². The van der Waals surface area contributed by atoms with Crippen molar-refractivity contribution in [2.45, 2.75) is 19.1 Å². The van der Waals surface area contributed by atoms with E-state index in [1.807, 2.05) is 5.87 Å². The Kier molecular flexibility index (Phi) is 4.26. The molecule has 1 aliphatic rings. The number of aliphatic imine (C=N–C) groups is 1. The third kappa shape index (κ3) is 2.58. The molecular formula is C6H10N3OSe. The molecule has 0 aliphatic carbocycles. The largest absolute Gasteiger partial charge is 0.369 e. The van der Waals surface area contributed by atoms with Crippen molar-refractivity contribution in [2.24, 2.45) is 4.99 Å². The quantitative estimate of drug-likeness (QED) is 0.442. The van der Waals surface area contributed by atoms with E-state index in [-0.39, 0.29) is 6.15 Å². The SMILES string of the molecule is [N-]=C=C1CCC(O)N=C1[Se].[NH4+]. The number of hydrogen-bond acceptors (Lipinski definition) is 2. The number of nitrogens with zero attached hydrogens (tertiary/aromatic N) is 2. The molecule has 1 atom stereocenters. The van der Waals surface area contributed by atoms with E-state index in [2.05, 4.69) is 21.0 Å². The van der Waals surface area contributed by atoms with Gasteiger partial charge in [0, 0.05) is 0 Å². The number of hydrogen-bond donors (Lipinski definition) is 2. The molecule has 0 saturated heterocycles. The van der Waals surface area contributed by atoms with Crippen LogP contribution in [0.5, 0.6) is 0 Å². The standard InChI is InChI=1S/C6H6N2OSe.H3N/c7-3-4-1-2-5(9)8-6(4)10;/h5,9H,1-2H2;1H3/q-1;/p+1. The van der Waals surface area contributed by atoms with Crippen molar-refractivity contribution < 1.29 is 5.11 Å². The predicted molar refractivity (Wildman–Crippen MR) is 46.3 cm³/mol. The first kappa shape index (κ1) is 10.6. The van der Waals surface area contributed by atoms with Gasteiger partial charge in [-0.2, -0.15) is 0 Å². The van der Waals surface area contributed by atoms with Gasteiger partial charge in [0.05, 0.1) is 0 Å². The number of quaternary nitrogens is 1. The van der Waals surface area contributed by atoms with Gasteiger partial charge in [-0.25, -0.2) is 0 Å². The maximum atomic E-state index is 8.96. The van der Waals surface area contributed by atoms with Gasteiger partial charge in [-0.3, -0.25) is 0 Å². The minimum Gasteiger partial charge on any atom is -0.369 e. The summed E-state index contributed by atoms with van der Waals surface area (Å²) in [5.41, 5.74) is 0.644. The Bertz CT molecular complexity index is 220. The van der Waals surface area contributed by atoms with Crippen LogP contribution < -0.4 is 6.15 Å². The van der Waals surface area contributed by atoms with Crippen molar-refractivity contribution in [2.75, 3.05) is 0 Å².